The third-order valence-corrected chi connectivity index (χ3v) is 2.97. The standard InChI is InChI=1S/C15H14O5/c16-12(10-3-1-2-4-10)9-13(17)14-7-5-11(20-14)6-8-15(18)19/h1-3,5,7H,4,6,8-9H2,(H,18,19). The molecule has 0 aliphatic heterocycles. The first-order chi connectivity index (χ1) is 9.56. The van der Waals surface area contributed by atoms with Crippen LogP contribution >= 0.6 is 0 Å². The molecule has 0 aromatic carbocycles. The Hall–Kier alpha value is -2.17. The molecule has 2 rings (SSSR count). The van der Waals surface area contributed by atoms with Crippen LogP contribution in [0.4, 0.5) is 0 Å². The number of carbonyl (C=O) groups excluding carboxylic acids is 2. The minimum absolute atomic E-state index is 0.0569. The molecule has 0 bridgehead atoms. The van der Waals surface area contributed by atoms with Crippen LogP contribution in [0.25, 0.3) is 0 Å². The molecule has 2 radical (unpaired) electrons. The number of ketones is 2. The molecule has 1 heterocycles. The molecular weight excluding hydrogens is 260 g/mol. The van der Waals surface area contributed by atoms with Crippen molar-refractivity contribution in [3.8, 4) is 0 Å². The Morgan fingerprint density at radius 1 is 1.20 bits per heavy atom. The zero-order valence-electron chi connectivity index (χ0n) is 10.8. The number of Topliss-reactive ketones (excluding diaryl/α,β-unsaturated/α-hetero) is 2. The molecule has 0 saturated carbocycles. The minimum atomic E-state index is -0.926. The van der Waals surface area contributed by atoms with Crippen molar-refractivity contribution in [1.82, 2.24) is 0 Å². The van der Waals surface area contributed by atoms with Crippen LogP contribution in [-0.4, -0.2) is 22.6 Å². The Bertz CT molecular complexity index is 544. The Labute approximate surface area is 116 Å². The third kappa shape index (κ3) is 3.66. The van der Waals surface area contributed by atoms with E-state index in [0.29, 0.717) is 18.1 Å². The molecule has 1 aliphatic carbocycles. The van der Waals surface area contributed by atoms with Gasteiger partial charge in [0.25, 0.3) is 0 Å². The maximum Gasteiger partial charge on any atom is 0.303 e. The van der Waals surface area contributed by atoms with Gasteiger partial charge in [-0.2, -0.15) is 0 Å². The van der Waals surface area contributed by atoms with Crippen molar-refractivity contribution in [3.05, 3.63) is 48.1 Å². The lowest BCUT2D eigenvalue weighted by molar-refractivity contribution is -0.137. The molecule has 20 heavy (non-hydrogen) atoms. The van der Waals surface area contributed by atoms with Gasteiger partial charge in [-0.05, 0) is 25.0 Å². The van der Waals surface area contributed by atoms with Gasteiger partial charge in [0.15, 0.2) is 5.76 Å². The van der Waals surface area contributed by atoms with E-state index >= 15 is 0 Å². The van der Waals surface area contributed by atoms with Gasteiger partial charge < -0.3 is 9.52 Å². The van der Waals surface area contributed by atoms with E-state index in [9.17, 15) is 14.4 Å². The average Bonchev–Trinajstić information content (AvgIpc) is 3.07. The monoisotopic (exact) mass is 274 g/mol. The summed E-state index contributed by atoms with van der Waals surface area (Å²) in [5, 5.41) is 8.57. The highest BCUT2D eigenvalue weighted by atomic mass is 16.4. The summed E-state index contributed by atoms with van der Waals surface area (Å²) in [6.45, 7) is 0. The molecular formula is C15H14O5. The maximum absolute atomic E-state index is 11.9. The van der Waals surface area contributed by atoms with E-state index < -0.39 is 5.97 Å². The summed E-state index contributed by atoms with van der Waals surface area (Å²) >= 11 is 0. The van der Waals surface area contributed by atoms with Crippen LogP contribution in [0, 0.1) is 12.3 Å². The van der Waals surface area contributed by atoms with Crippen molar-refractivity contribution in [3.63, 3.8) is 0 Å². The van der Waals surface area contributed by atoms with Crippen molar-refractivity contribution in [2.75, 3.05) is 0 Å². The summed E-state index contributed by atoms with van der Waals surface area (Å²) in [4.78, 5) is 34.1. The number of aliphatic carboxylic acids is 1. The lowest BCUT2D eigenvalue weighted by Gasteiger charge is -2.04. The highest BCUT2D eigenvalue weighted by Crippen LogP contribution is 2.22. The van der Waals surface area contributed by atoms with E-state index in [1.54, 1.807) is 18.6 Å². The number of carboxylic acid groups (broad SMARTS) is 1. The predicted octanol–water partition coefficient (Wildman–Crippen LogP) is 2.18. The molecule has 5 nitrogen and oxygen atoms in total. The van der Waals surface area contributed by atoms with Gasteiger partial charge in [0.05, 0.1) is 18.8 Å². The van der Waals surface area contributed by atoms with E-state index in [4.69, 9.17) is 9.52 Å². The fraction of sp³-hybridized carbons (Fsp3) is 0.267. The van der Waals surface area contributed by atoms with Crippen LogP contribution < -0.4 is 0 Å². The summed E-state index contributed by atoms with van der Waals surface area (Å²) in [5.74, 6) is -0.357. The van der Waals surface area contributed by atoms with Gasteiger partial charge in [0, 0.05) is 6.42 Å². The van der Waals surface area contributed by atoms with Crippen molar-refractivity contribution in [2.45, 2.75) is 25.7 Å². The van der Waals surface area contributed by atoms with E-state index in [0.717, 1.165) is 0 Å². The SMILES string of the molecule is O=C(O)CCc1ccc(C(=O)CC(=O)[C]2[CH]C=CC2)o1. The summed E-state index contributed by atoms with van der Waals surface area (Å²) in [6.07, 6.45) is 5.86. The first-order valence-electron chi connectivity index (χ1n) is 6.29. The summed E-state index contributed by atoms with van der Waals surface area (Å²) in [6, 6.07) is 3.05. The van der Waals surface area contributed by atoms with Crippen molar-refractivity contribution in [2.24, 2.45) is 0 Å². The van der Waals surface area contributed by atoms with Crippen LogP contribution in [0.1, 0.15) is 35.6 Å². The Balaban J connectivity index is 1.89. The molecule has 0 atom stereocenters. The molecule has 104 valence electrons. The van der Waals surface area contributed by atoms with Crippen molar-refractivity contribution >= 4 is 17.5 Å². The van der Waals surface area contributed by atoms with E-state index in [1.807, 2.05) is 6.08 Å². The van der Waals surface area contributed by atoms with Crippen molar-refractivity contribution in [1.29, 1.82) is 0 Å². The first kappa shape index (κ1) is 14.2. The van der Waals surface area contributed by atoms with Crippen LogP contribution in [0.2, 0.25) is 0 Å². The normalized spacial score (nSPS) is 14.6. The smallest absolute Gasteiger partial charge is 0.303 e. The molecule has 5 heteroatoms. The Morgan fingerprint density at radius 2 is 2.00 bits per heavy atom. The Kier molecular flexibility index (Phi) is 4.50. The predicted molar refractivity (Wildman–Crippen MR) is 69.9 cm³/mol. The Morgan fingerprint density at radius 3 is 2.65 bits per heavy atom. The first-order valence-corrected chi connectivity index (χ1v) is 6.29. The summed E-state index contributed by atoms with van der Waals surface area (Å²) < 4.78 is 5.26. The lowest BCUT2D eigenvalue weighted by atomic mass is 9.97. The number of rotatable bonds is 7. The number of aryl methyl sites for hydroxylation is 1. The number of furan rings is 1. The van der Waals surface area contributed by atoms with Crippen LogP contribution in [-0.2, 0) is 16.0 Å². The quantitative estimate of drug-likeness (QED) is 0.608. The number of hydrogen-bond donors (Lipinski definition) is 1. The number of allylic oxidation sites excluding steroid dienone is 2. The minimum Gasteiger partial charge on any atom is -0.481 e. The lowest BCUT2D eigenvalue weighted by Crippen LogP contribution is -2.14. The van der Waals surface area contributed by atoms with E-state index in [-0.39, 0.29) is 36.6 Å². The number of hydrogen-bond acceptors (Lipinski definition) is 4. The molecule has 1 N–H and O–H groups in total. The van der Waals surface area contributed by atoms with E-state index in [2.05, 4.69) is 0 Å². The van der Waals surface area contributed by atoms with Crippen LogP contribution in [0.15, 0.2) is 28.7 Å². The fourth-order valence-electron chi connectivity index (χ4n) is 1.89. The highest BCUT2D eigenvalue weighted by molar-refractivity contribution is 6.12. The van der Waals surface area contributed by atoms with Crippen LogP contribution in [0.5, 0.6) is 0 Å². The highest BCUT2D eigenvalue weighted by Gasteiger charge is 2.24. The second-order valence-electron chi connectivity index (χ2n) is 4.51. The largest absolute Gasteiger partial charge is 0.481 e. The van der Waals surface area contributed by atoms with Gasteiger partial charge in [-0.1, -0.05) is 12.2 Å². The molecule has 0 spiro atoms. The van der Waals surface area contributed by atoms with Crippen LogP contribution in [0.3, 0.4) is 0 Å². The zero-order chi connectivity index (χ0) is 14.5. The molecule has 0 fully saturated rings. The topological polar surface area (TPSA) is 84.6 Å². The van der Waals surface area contributed by atoms with Gasteiger partial charge in [0.1, 0.15) is 11.5 Å². The average molecular weight is 274 g/mol. The molecule has 0 amide bonds. The maximum atomic E-state index is 11.9. The number of carbonyl (C=O) groups is 3. The summed E-state index contributed by atoms with van der Waals surface area (Å²) in [5.41, 5.74) is 0. The van der Waals surface area contributed by atoms with E-state index in [1.165, 1.54) is 6.07 Å². The second-order valence-corrected chi connectivity index (χ2v) is 4.51. The van der Waals surface area contributed by atoms with Gasteiger partial charge >= 0.3 is 5.97 Å². The molecule has 0 saturated heterocycles. The zero-order valence-corrected chi connectivity index (χ0v) is 10.8. The molecule has 1 aromatic rings. The number of carboxylic acids is 1. The fourth-order valence-corrected chi connectivity index (χ4v) is 1.89. The molecule has 0 unspecified atom stereocenters. The van der Waals surface area contributed by atoms with Crippen molar-refractivity contribution < 1.29 is 23.9 Å². The van der Waals surface area contributed by atoms with Gasteiger partial charge in [-0.15, -0.1) is 0 Å². The second kappa shape index (κ2) is 6.32. The van der Waals surface area contributed by atoms with Gasteiger partial charge in [-0.3, -0.25) is 14.4 Å². The van der Waals surface area contributed by atoms with Gasteiger partial charge in [-0.25, -0.2) is 0 Å². The molecule has 1 aromatic heterocycles. The van der Waals surface area contributed by atoms with Gasteiger partial charge in [0.2, 0.25) is 5.78 Å². The molecule has 1 aliphatic rings. The summed E-state index contributed by atoms with van der Waals surface area (Å²) in [7, 11) is 0. The third-order valence-electron chi connectivity index (χ3n) is 2.97.